The number of aliphatic imine (C=N–C) groups is 1. The number of guanidine groups is 1. The van der Waals surface area contributed by atoms with Crippen molar-refractivity contribution in [2.24, 2.45) is 10.7 Å². The summed E-state index contributed by atoms with van der Waals surface area (Å²) >= 11 is 0. The SMILES string of the molecule is COc1ncccc1CN=C(N)N1CCCCCC1.I. The summed E-state index contributed by atoms with van der Waals surface area (Å²) in [5.74, 6) is 1.25. The molecule has 0 unspecified atom stereocenters. The maximum Gasteiger partial charge on any atom is 0.218 e. The third-order valence-electron chi connectivity index (χ3n) is 3.38. The molecule has 1 aliphatic heterocycles. The number of ether oxygens (including phenoxy) is 1. The first kappa shape index (κ1) is 17.0. The molecule has 5 nitrogen and oxygen atoms in total. The molecule has 1 aromatic rings. The van der Waals surface area contributed by atoms with E-state index in [-0.39, 0.29) is 24.0 Å². The van der Waals surface area contributed by atoms with Crippen LogP contribution in [0.1, 0.15) is 31.2 Å². The Kier molecular flexibility index (Phi) is 7.64. The van der Waals surface area contributed by atoms with Gasteiger partial charge in [-0.05, 0) is 18.9 Å². The number of halogens is 1. The smallest absolute Gasteiger partial charge is 0.218 e. The third kappa shape index (κ3) is 4.81. The van der Waals surface area contributed by atoms with E-state index in [1.807, 2.05) is 12.1 Å². The summed E-state index contributed by atoms with van der Waals surface area (Å²) < 4.78 is 5.21. The molecule has 112 valence electrons. The van der Waals surface area contributed by atoms with Gasteiger partial charge in [-0.1, -0.05) is 18.9 Å². The lowest BCUT2D eigenvalue weighted by molar-refractivity contribution is 0.392. The van der Waals surface area contributed by atoms with Crippen molar-refractivity contribution in [1.29, 1.82) is 0 Å². The summed E-state index contributed by atoms with van der Waals surface area (Å²) in [5.41, 5.74) is 7.03. The molecule has 0 radical (unpaired) electrons. The summed E-state index contributed by atoms with van der Waals surface area (Å²) in [6, 6.07) is 3.85. The minimum absolute atomic E-state index is 0. The average Bonchev–Trinajstić information content (AvgIpc) is 2.74. The standard InChI is InChI=1S/C14H22N4O.HI/c1-19-13-12(7-6-8-16-13)11-17-14(15)18-9-4-2-3-5-10-18;/h6-8H,2-5,9-11H2,1H3,(H2,15,17);1H. The van der Waals surface area contributed by atoms with E-state index in [1.165, 1.54) is 25.7 Å². The van der Waals surface area contributed by atoms with Gasteiger partial charge in [0.05, 0.1) is 13.7 Å². The van der Waals surface area contributed by atoms with E-state index in [4.69, 9.17) is 10.5 Å². The maximum absolute atomic E-state index is 6.07. The van der Waals surface area contributed by atoms with Crippen molar-refractivity contribution in [3.63, 3.8) is 0 Å². The first-order chi connectivity index (χ1) is 9.31. The van der Waals surface area contributed by atoms with Crippen LogP contribution in [0.4, 0.5) is 0 Å². The van der Waals surface area contributed by atoms with Gasteiger partial charge in [0.2, 0.25) is 5.88 Å². The van der Waals surface area contributed by atoms with Gasteiger partial charge < -0.3 is 15.4 Å². The second-order valence-corrected chi connectivity index (χ2v) is 4.75. The van der Waals surface area contributed by atoms with Crippen LogP contribution < -0.4 is 10.5 Å². The molecule has 0 spiro atoms. The fourth-order valence-electron chi connectivity index (χ4n) is 2.29. The summed E-state index contributed by atoms with van der Waals surface area (Å²) in [6.07, 6.45) is 6.70. The fourth-order valence-corrected chi connectivity index (χ4v) is 2.29. The quantitative estimate of drug-likeness (QED) is 0.489. The Hall–Kier alpha value is -1.05. The van der Waals surface area contributed by atoms with E-state index in [0.29, 0.717) is 18.4 Å². The molecule has 1 saturated heterocycles. The predicted molar refractivity (Wildman–Crippen MR) is 91.6 cm³/mol. The number of hydrogen-bond donors (Lipinski definition) is 1. The van der Waals surface area contributed by atoms with Crippen LogP contribution >= 0.6 is 24.0 Å². The van der Waals surface area contributed by atoms with Crippen molar-refractivity contribution < 1.29 is 4.74 Å². The third-order valence-corrected chi connectivity index (χ3v) is 3.38. The van der Waals surface area contributed by atoms with Crippen molar-refractivity contribution in [1.82, 2.24) is 9.88 Å². The van der Waals surface area contributed by atoms with Crippen molar-refractivity contribution in [2.45, 2.75) is 32.2 Å². The van der Waals surface area contributed by atoms with Crippen molar-refractivity contribution in [3.05, 3.63) is 23.9 Å². The normalized spacial score (nSPS) is 16.2. The highest BCUT2D eigenvalue weighted by molar-refractivity contribution is 14.0. The molecule has 0 amide bonds. The largest absolute Gasteiger partial charge is 0.481 e. The number of hydrogen-bond acceptors (Lipinski definition) is 3. The van der Waals surface area contributed by atoms with E-state index < -0.39 is 0 Å². The van der Waals surface area contributed by atoms with E-state index in [9.17, 15) is 0 Å². The first-order valence-electron chi connectivity index (χ1n) is 6.84. The van der Waals surface area contributed by atoms with Crippen molar-refractivity contribution in [2.75, 3.05) is 20.2 Å². The second-order valence-electron chi connectivity index (χ2n) is 4.75. The Morgan fingerprint density at radius 1 is 1.35 bits per heavy atom. The van der Waals surface area contributed by atoms with Crippen LogP contribution in [-0.2, 0) is 6.54 Å². The Morgan fingerprint density at radius 2 is 2.05 bits per heavy atom. The molecular weight excluding hydrogens is 367 g/mol. The fraction of sp³-hybridized carbons (Fsp3) is 0.571. The van der Waals surface area contributed by atoms with E-state index in [2.05, 4.69) is 14.9 Å². The van der Waals surface area contributed by atoms with Crippen molar-refractivity contribution in [3.8, 4) is 5.88 Å². The molecule has 0 bridgehead atoms. The molecule has 0 aliphatic carbocycles. The topological polar surface area (TPSA) is 63.7 Å². The Balaban J connectivity index is 0.00000200. The van der Waals surface area contributed by atoms with Gasteiger partial charge in [0.1, 0.15) is 0 Å². The molecule has 0 saturated carbocycles. The maximum atomic E-state index is 6.07. The lowest BCUT2D eigenvalue weighted by Gasteiger charge is -2.21. The molecule has 0 aromatic carbocycles. The molecule has 20 heavy (non-hydrogen) atoms. The second kappa shape index (κ2) is 8.99. The van der Waals surface area contributed by atoms with E-state index in [0.717, 1.165) is 18.7 Å². The lowest BCUT2D eigenvalue weighted by Crippen LogP contribution is -2.38. The van der Waals surface area contributed by atoms with Gasteiger partial charge in [0.25, 0.3) is 0 Å². The lowest BCUT2D eigenvalue weighted by atomic mass is 10.2. The predicted octanol–water partition coefficient (Wildman–Crippen LogP) is 2.40. The van der Waals surface area contributed by atoms with Crippen LogP contribution in [0.2, 0.25) is 0 Å². The summed E-state index contributed by atoms with van der Waals surface area (Å²) in [7, 11) is 1.62. The van der Waals surface area contributed by atoms with Gasteiger partial charge in [-0.2, -0.15) is 0 Å². The number of likely N-dealkylation sites (tertiary alicyclic amines) is 1. The molecule has 1 fully saturated rings. The molecule has 1 aliphatic rings. The van der Waals surface area contributed by atoms with Crippen LogP contribution in [0.3, 0.4) is 0 Å². The summed E-state index contributed by atoms with van der Waals surface area (Å²) in [4.78, 5) is 10.8. The molecular formula is C14H23IN4O. The number of nitrogens with two attached hydrogens (primary N) is 1. The molecule has 0 atom stereocenters. The zero-order chi connectivity index (χ0) is 13.5. The number of nitrogens with zero attached hydrogens (tertiary/aromatic N) is 3. The van der Waals surface area contributed by atoms with Gasteiger partial charge in [0.15, 0.2) is 5.96 Å². The van der Waals surface area contributed by atoms with Gasteiger partial charge in [-0.3, -0.25) is 0 Å². The van der Waals surface area contributed by atoms with Gasteiger partial charge in [-0.25, -0.2) is 9.98 Å². The van der Waals surface area contributed by atoms with E-state index >= 15 is 0 Å². The monoisotopic (exact) mass is 390 g/mol. The highest BCUT2D eigenvalue weighted by Crippen LogP contribution is 2.15. The van der Waals surface area contributed by atoms with Crippen LogP contribution in [0.5, 0.6) is 5.88 Å². The van der Waals surface area contributed by atoms with Crippen LogP contribution in [-0.4, -0.2) is 36.0 Å². The van der Waals surface area contributed by atoms with Gasteiger partial charge in [0, 0.05) is 24.8 Å². The number of methoxy groups -OCH3 is 1. The number of pyridine rings is 1. The summed E-state index contributed by atoms with van der Waals surface area (Å²) in [6.45, 7) is 2.54. The van der Waals surface area contributed by atoms with Crippen LogP contribution in [0.15, 0.2) is 23.3 Å². The highest BCUT2D eigenvalue weighted by atomic mass is 127. The minimum atomic E-state index is 0. The number of aromatic nitrogens is 1. The average molecular weight is 390 g/mol. The van der Waals surface area contributed by atoms with Crippen molar-refractivity contribution >= 4 is 29.9 Å². The van der Waals surface area contributed by atoms with Crippen LogP contribution in [0, 0.1) is 0 Å². The van der Waals surface area contributed by atoms with Crippen LogP contribution in [0.25, 0.3) is 0 Å². The Labute approximate surface area is 137 Å². The molecule has 2 heterocycles. The van der Waals surface area contributed by atoms with Gasteiger partial charge in [-0.15, -0.1) is 24.0 Å². The van der Waals surface area contributed by atoms with E-state index in [1.54, 1.807) is 13.3 Å². The number of rotatable bonds is 3. The zero-order valence-electron chi connectivity index (χ0n) is 11.9. The first-order valence-corrected chi connectivity index (χ1v) is 6.84. The Morgan fingerprint density at radius 3 is 2.70 bits per heavy atom. The Bertz CT molecular complexity index is 431. The molecule has 2 rings (SSSR count). The highest BCUT2D eigenvalue weighted by Gasteiger charge is 2.11. The molecule has 2 N–H and O–H groups in total. The van der Waals surface area contributed by atoms with Gasteiger partial charge >= 0.3 is 0 Å². The summed E-state index contributed by atoms with van der Waals surface area (Å²) in [5, 5.41) is 0. The molecule has 1 aromatic heterocycles. The zero-order valence-corrected chi connectivity index (χ0v) is 14.2. The minimum Gasteiger partial charge on any atom is -0.481 e. The molecule has 6 heteroatoms.